The third-order valence-corrected chi connectivity index (χ3v) is 5.65. The summed E-state index contributed by atoms with van der Waals surface area (Å²) in [6.07, 6.45) is 0. The second kappa shape index (κ2) is 11.8. The Bertz CT molecular complexity index is 669. The van der Waals surface area contributed by atoms with Gasteiger partial charge in [0.25, 0.3) is 5.69 Å². The highest BCUT2D eigenvalue weighted by Gasteiger charge is 2.18. The van der Waals surface area contributed by atoms with Gasteiger partial charge in [-0.15, -0.1) is 23.5 Å². The van der Waals surface area contributed by atoms with Crippen LogP contribution in [-0.4, -0.2) is 60.1 Å². The van der Waals surface area contributed by atoms with E-state index in [4.69, 9.17) is 9.47 Å². The Balaban J connectivity index is 2.23. The first kappa shape index (κ1) is 22.3. The lowest BCUT2D eigenvalue weighted by atomic mass is 10.1. The summed E-state index contributed by atoms with van der Waals surface area (Å²) in [5.41, 5.74) is 0.848. The molecule has 0 spiro atoms. The normalized spacial score (nSPS) is 17.6. The SMILES string of the molecule is COc1c2cc([N+](=O)[O-])cc1CNC(=O)CSCCOCCSCC(=O)NC2. The molecule has 9 nitrogen and oxygen atoms in total. The average molecular weight is 430 g/mol. The number of hydrogen-bond acceptors (Lipinski definition) is 8. The zero-order chi connectivity index (χ0) is 20.4. The van der Waals surface area contributed by atoms with Crippen LogP contribution in [0.5, 0.6) is 5.75 Å². The highest BCUT2D eigenvalue weighted by Crippen LogP contribution is 2.29. The maximum absolute atomic E-state index is 12.0. The number of non-ortho nitro benzene ring substituents is 1. The number of nitro groups is 1. The number of nitrogens with one attached hydrogen (secondary N) is 2. The lowest BCUT2D eigenvalue weighted by Gasteiger charge is -2.15. The number of ether oxygens (including phenoxy) is 2. The number of amides is 2. The third-order valence-electron chi connectivity index (χ3n) is 3.80. The van der Waals surface area contributed by atoms with E-state index in [9.17, 15) is 19.7 Å². The van der Waals surface area contributed by atoms with Crippen LogP contribution in [0.15, 0.2) is 12.1 Å². The lowest BCUT2D eigenvalue weighted by molar-refractivity contribution is -0.385. The molecule has 2 amide bonds. The standard InChI is InChI=1S/C17H23N3O6S2/c1-25-17-12-6-14(20(23)24)7-13(17)9-19-16(22)11-28-5-3-26-2-4-27-10-15(21)18-8-12/h6-7H,2-5,8-11H2,1H3,(H,18,21)(H,19,22). The van der Waals surface area contributed by atoms with Gasteiger partial charge < -0.3 is 20.1 Å². The molecule has 0 atom stereocenters. The van der Waals surface area contributed by atoms with Crippen LogP contribution in [0.25, 0.3) is 0 Å². The van der Waals surface area contributed by atoms with Crippen molar-refractivity contribution < 1.29 is 24.0 Å². The number of fused-ring (bicyclic) bond motifs is 2. The minimum atomic E-state index is -0.506. The second-order valence-electron chi connectivity index (χ2n) is 5.83. The summed E-state index contributed by atoms with van der Waals surface area (Å²) in [6, 6.07) is 2.75. The van der Waals surface area contributed by atoms with Crippen LogP contribution in [0.2, 0.25) is 0 Å². The number of carbonyl (C=O) groups excluding carboxylic acids is 2. The lowest BCUT2D eigenvalue weighted by Crippen LogP contribution is -2.27. The summed E-state index contributed by atoms with van der Waals surface area (Å²) >= 11 is 2.90. The first-order chi connectivity index (χ1) is 13.5. The quantitative estimate of drug-likeness (QED) is 0.534. The van der Waals surface area contributed by atoms with E-state index in [1.165, 1.54) is 42.8 Å². The van der Waals surface area contributed by atoms with Gasteiger partial charge in [-0.05, 0) is 0 Å². The van der Waals surface area contributed by atoms with Gasteiger partial charge >= 0.3 is 0 Å². The molecule has 154 valence electrons. The molecule has 2 bridgehead atoms. The Morgan fingerprint density at radius 1 is 1.04 bits per heavy atom. The number of methoxy groups -OCH3 is 1. The van der Waals surface area contributed by atoms with Crippen molar-refractivity contribution in [3.63, 3.8) is 0 Å². The summed E-state index contributed by atoms with van der Waals surface area (Å²) in [5, 5.41) is 16.8. The van der Waals surface area contributed by atoms with Gasteiger partial charge in [0.1, 0.15) is 5.75 Å². The van der Waals surface area contributed by atoms with Gasteiger partial charge in [-0.2, -0.15) is 0 Å². The highest BCUT2D eigenvalue weighted by molar-refractivity contribution is 8.00. The van der Waals surface area contributed by atoms with Crippen LogP contribution >= 0.6 is 23.5 Å². The minimum Gasteiger partial charge on any atom is -0.496 e. The monoisotopic (exact) mass is 429 g/mol. The molecule has 0 fully saturated rings. The largest absolute Gasteiger partial charge is 0.496 e. The predicted molar refractivity (Wildman–Crippen MR) is 109 cm³/mol. The van der Waals surface area contributed by atoms with Gasteiger partial charge in [-0.3, -0.25) is 19.7 Å². The number of hydrogen-bond donors (Lipinski definition) is 2. The number of benzene rings is 1. The van der Waals surface area contributed by atoms with Gasteiger partial charge in [0.15, 0.2) is 0 Å². The van der Waals surface area contributed by atoms with Crippen LogP contribution in [-0.2, 0) is 27.4 Å². The van der Waals surface area contributed by atoms with Crippen molar-refractivity contribution in [1.82, 2.24) is 10.6 Å². The molecule has 2 N–H and O–H groups in total. The van der Waals surface area contributed by atoms with Crippen LogP contribution in [0.3, 0.4) is 0 Å². The molecule has 0 saturated carbocycles. The zero-order valence-corrected chi connectivity index (χ0v) is 17.2. The molecule has 0 radical (unpaired) electrons. The fraction of sp³-hybridized carbons (Fsp3) is 0.529. The van der Waals surface area contributed by atoms with E-state index in [1.54, 1.807) is 0 Å². The fourth-order valence-corrected chi connectivity index (χ4v) is 3.86. The van der Waals surface area contributed by atoms with E-state index < -0.39 is 4.92 Å². The average Bonchev–Trinajstić information content (AvgIpc) is 2.68. The molecule has 0 unspecified atom stereocenters. The number of rotatable bonds is 2. The predicted octanol–water partition coefficient (Wildman–Crippen LogP) is 1.33. The van der Waals surface area contributed by atoms with Crippen molar-refractivity contribution >= 4 is 41.0 Å². The van der Waals surface area contributed by atoms with Crippen molar-refractivity contribution in [2.75, 3.05) is 43.3 Å². The Morgan fingerprint density at radius 2 is 1.54 bits per heavy atom. The van der Waals surface area contributed by atoms with E-state index in [2.05, 4.69) is 10.6 Å². The molecule has 11 heteroatoms. The maximum atomic E-state index is 12.0. The smallest absolute Gasteiger partial charge is 0.270 e. The third kappa shape index (κ3) is 7.21. The van der Waals surface area contributed by atoms with Gasteiger partial charge in [-0.25, -0.2) is 0 Å². The van der Waals surface area contributed by atoms with Crippen molar-refractivity contribution in [2.45, 2.75) is 13.1 Å². The van der Waals surface area contributed by atoms with Crippen molar-refractivity contribution in [2.24, 2.45) is 0 Å². The summed E-state index contributed by atoms with van der Waals surface area (Å²) in [5.74, 6) is 1.98. The van der Waals surface area contributed by atoms with Crippen LogP contribution in [0.4, 0.5) is 5.69 Å². The van der Waals surface area contributed by atoms with Gasteiger partial charge in [-0.1, -0.05) is 0 Å². The number of nitrogens with zero attached hydrogens (tertiary/aromatic N) is 1. The summed E-state index contributed by atoms with van der Waals surface area (Å²) in [6.45, 7) is 1.26. The molecule has 2 rings (SSSR count). The van der Waals surface area contributed by atoms with Crippen LogP contribution in [0.1, 0.15) is 11.1 Å². The molecule has 1 heterocycles. The van der Waals surface area contributed by atoms with Crippen molar-refractivity contribution in [1.29, 1.82) is 0 Å². The maximum Gasteiger partial charge on any atom is 0.270 e. The number of thioether (sulfide) groups is 2. The summed E-state index contributed by atoms with van der Waals surface area (Å²) < 4.78 is 10.9. The van der Waals surface area contributed by atoms with Gasteiger partial charge in [0.2, 0.25) is 11.8 Å². The molecule has 1 aliphatic rings. The topological polar surface area (TPSA) is 120 Å². The Kier molecular flexibility index (Phi) is 9.38. The molecule has 1 aromatic rings. The minimum absolute atomic E-state index is 0.0948. The first-order valence-corrected chi connectivity index (χ1v) is 10.9. The number of nitro benzene ring substituents is 1. The molecule has 0 saturated heterocycles. The summed E-state index contributed by atoms with van der Waals surface area (Å²) in [7, 11) is 1.45. The molecule has 0 aromatic heterocycles. The Hall–Kier alpha value is -1.98. The second-order valence-corrected chi connectivity index (χ2v) is 8.04. The van der Waals surface area contributed by atoms with Crippen LogP contribution in [0, 0.1) is 10.1 Å². The molecule has 0 aliphatic carbocycles. The highest BCUT2D eigenvalue weighted by atomic mass is 32.2. The molecule has 1 aliphatic heterocycles. The van der Waals surface area contributed by atoms with Crippen molar-refractivity contribution in [3.05, 3.63) is 33.4 Å². The number of carbonyl (C=O) groups is 2. The van der Waals surface area contributed by atoms with Crippen molar-refractivity contribution in [3.8, 4) is 5.75 Å². The molecular formula is C17H23N3O6S2. The first-order valence-electron chi connectivity index (χ1n) is 8.62. The van der Waals surface area contributed by atoms with E-state index >= 15 is 0 Å². The van der Waals surface area contributed by atoms with E-state index in [1.807, 2.05) is 0 Å². The van der Waals surface area contributed by atoms with Crippen LogP contribution < -0.4 is 15.4 Å². The Morgan fingerprint density at radius 3 is 1.96 bits per heavy atom. The van der Waals surface area contributed by atoms with E-state index in [-0.39, 0.29) is 42.1 Å². The van der Waals surface area contributed by atoms with Gasteiger partial charge in [0, 0.05) is 47.9 Å². The van der Waals surface area contributed by atoms with E-state index in [0.29, 0.717) is 41.6 Å². The summed E-state index contributed by atoms with van der Waals surface area (Å²) in [4.78, 5) is 34.8. The zero-order valence-electron chi connectivity index (χ0n) is 15.5. The molecular weight excluding hydrogens is 406 g/mol. The Labute approximate surface area is 171 Å². The van der Waals surface area contributed by atoms with Gasteiger partial charge in [0.05, 0.1) is 36.8 Å². The molecule has 28 heavy (non-hydrogen) atoms. The fourth-order valence-electron chi connectivity index (χ4n) is 2.52. The molecule has 1 aromatic carbocycles. The van der Waals surface area contributed by atoms with E-state index in [0.717, 1.165) is 0 Å².